The Morgan fingerprint density at radius 1 is 1.08 bits per heavy atom. The second-order valence-electron chi connectivity index (χ2n) is 10.1. The molecule has 1 amide bonds. The number of carbonyl (C=O) groups excluding carboxylic acids is 2. The third-order valence-electron chi connectivity index (χ3n) is 7.31. The van der Waals surface area contributed by atoms with Crippen molar-refractivity contribution in [1.82, 2.24) is 15.2 Å². The molecule has 0 saturated carbocycles. The number of piperidine rings is 1. The summed E-state index contributed by atoms with van der Waals surface area (Å²) < 4.78 is 34.4. The van der Waals surface area contributed by atoms with E-state index in [0.717, 1.165) is 25.9 Å². The third kappa shape index (κ3) is 5.25. The Balaban J connectivity index is 1.29. The van der Waals surface area contributed by atoms with Gasteiger partial charge in [-0.05, 0) is 55.3 Å². The molecule has 8 heteroatoms. The van der Waals surface area contributed by atoms with Crippen LogP contribution in [0.2, 0.25) is 0 Å². The highest BCUT2D eigenvalue weighted by Crippen LogP contribution is 2.41. The molecule has 0 aliphatic carbocycles. The van der Waals surface area contributed by atoms with Crippen molar-refractivity contribution < 1.29 is 23.1 Å². The number of fused-ring (bicyclic) bond motifs is 1. The van der Waals surface area contributed by atoms with E-state index in [2.05, 4.69) is 29.0 Å². The number of ketones is 1. The molecule has 1 spiro atoms. The van der Waals surface area contributed by atoms with Crippen LogP contribution in [0, 0.1) is 11.8 Å². The quantitative estimate of drug-likeness (QED) is 0.485. The van der Waals surface area contributed by atoms with Gasteiger partial charge in [0.1, 0.15) is 17.2 Å². The van der Waals surface area contributed by atoms with Gasteiger partial charge in [0.15, 0.2) is 5.78 Å². The molecule has 6 nitrogen and oxygen atoms in total. The molecule has 5 rings (SSSR count). The first-order valence-electron chi connectivity index (χ1n) is 12.5. The van der Waals surface area contributed by atoms with Gasteiger partial charge >= 0.3 is 0 Å². The minimum Gasteiger partial charge on any atom is -0.486 e. The molecule has 0 radical (unpaired) electrons. The lowest BCUT2D eigenvalue weighted by Crippen LogP contribution is -2.52. The number of benzene rings is 2. The van der Waals surface area contributed by atoms with Crippen LogP contribution in [0.25, 0.3) is 11.1 Å². The maximum absolute atomic E-state index is 15.1. The van der Waals surface area contributed by atoms with E-state index in [9.17, 15) is 14.0 Å². The van der Waals surface area contributed by atoms with Crippen molar-refractivity contribution in [2.45, 2.75) is 51.3 Å². The van der Waals surface area contributed by atoms with Crippen LogP contribution in [0.15, 0.2) is 54.7 Å². The van der Waals surface area contributed by atoms with Gasteiger partial charge in [0.05, 0.1) is 12.0 Å². The summed E-state index contributed by atoms with van der Waals surface area (Å²) in [6.45, 7) is 6.27. The molecule has 2 aliphatic heterocycles. The molecular weight excluding hydrogens is 476 g/mol. The minimum absolute atomic E-state index is 0.00721. The van der Waals surface area contributed by atoms with Crippen molar-refractivity contribution in [1.29, 1.82) is 0 Å². The number of halogens is 2. The van der Waals surface area contributed by atoms with Gasteiger partial charge < -0.3 is 15.0 Å². The molecule has 1 aromatic heterocycles. The fourth-order valence-corrected chi connectivity index (χ4v) is 5.07. The summed E-state index contributed by atoms with van der Waals surface area (Å²) in [5.74, 6) is -1.08. The molecule has 1 fully saturated rings. The van der Waals surface area contributed by atoms with E-state index >= 15 is 4.39 Å². The van der Waals surface area contributed by atoms with E-state index < -0.39 is 23.3 Å². The summed E-state index contributed by atoms with van der Waals surface area (Å²) >= 11 is 0. The summed E-state index contributed by atoms with van der Waals surface area (Å²) in [4.78, 5) is 31.6. The first kappa shape index (κ1) is 25.0. The molecule has 192 valence electrons. The first-order valence-corrected chi connectivity index (χ1v) is 12.5. The zero-order chi connectivity index (χ0) is 26.2. The van der Waals surface area contributed by atoms with E-state index in [4.69, 9.17) is 4.74 Å². The average molecular weight is 506 g/mol. The number of pyridine rings is 1. The van der Waals surface area contributed by atoms with Gasteiger partial charge in [0, 0.05) is 55.8 Å². The third-order valence-corrected chi connectivity index (χ3v) is 7.31. The van der Waals surface area contributed by atoms with Crippen LogP contribution in [-0.2, 0) is 6.54 Å². The van der Waals surface area contributed by atoms with Crippen molar-refractivity contribution in [3.63, 3.8) is 0 Å². The number of amides is 1. The monoisotopic (exact) mass is 505 g/mol. The average Bonchev–Trinajstić information content (AvgIpc) is 2.88. The van der Waals surface area contributed by atoms with Crippen molar-refractivity contribution in [2.24, 2.45) is 0 Å². The first-order chi connectivity index (χ1) is 17.7. The van der Waals surface area contributed by atoms with Gasteiger partial charge in [-0.15, -0.1) is 0 Å². The topological polar surface area (TPSA) is 71.5 Å². The Labute approximate surface area is 214 Å². The normalized spacial score (nSPS) is 16.9. The van der Waals surface area contributed by atoms with Crippen molar-refractivity contribution in [2.75, 3.05) is 13.1 Å². The predicted octanol–water partition coefficient (Wildman–Crippen LogP) is 5.17. The number of Topliss-reactive ketones (excluding diaryl/α,β-unsaturated/α-hetero) is 1. The maximum Gasteiger partial charge on any atom is 0.251 e. The molecule has 37 heavy (non-hydrogen) atoms. The highest BCUT2D eigenvalue weighted by atomic mass is 19.1. The van der Waals surface area contributed by atoms with Crippen LogP contribution in [0.4, 0.5) is 8.78 Å². The lowest BCUT2D eigenvalue weighted by atomic mass is 9.81. The van der Waals surface area contributed by atoms with Gasteiger partial charge in [-0.25, -0.2) is 9.37 Å². The maximum atomic E-state index is 15.1. The zero-order valence-corrected chi connectivity index (χ0v) is 20.9. The van der Waals surface area contributed by atoms with Gasteiger partial charge in [0.25, 0.3) is 5.91 Å². The molecule has 2 aromatic carbocycles. The molecule has 2 aliphatic rings. The number of nitrogens with zero attached hydrogens (tertiary/aromatic N) is 2. The van der Waals surface area contributed by atoms with E-state index in [1.807, 2.05) is 0 Å². The second-order valence-corrected chi connectivity index (χ2v) is 10.1. The van der Waals surface area contributed by atoms with Crippen LogP contribution >= 0.6 is 0 Å². The molecule has 1 saturated heterocycles. The molecule has 0 unspecified atom stereocenters. The summed E-state index contributed by atoms with van der Waals surface area (Å²) in [5.41, 5.74) is 1.61. The molecule has 1 N–H and O–H groups in total. The standard InChI is InChI=1S/C29H29F2N3O3/c1-18(2)34-11-9-29(10-12-34)15-25(35)23-13-20(5-7-26(23)37-29)22-6-4-21(14-24(22)30)28(36)33-17-19-3-8-27(31)32-16-19/h3-8,13-14,16,18H,9-12,15,17H2,1-2H3,(H,33,36). The summed E-state index contributed by atoms with van der Waals surface area (Å²) in [6, 6.07) is 12.6. The van der Waals surface area contributed by atoms with E-state index in [-0.39, 0.29) is 17.9 Å². The molecule has 3 aromatic rings. The summed E-state index contributed by atoms with van der Waals surface area (Å²) in [7, 11) is 0. The van der Waals surface area contributed by atoms with Gasteiger partial charge in [-0.3, -0.25) is 9.59 Å². The van der Waals surface area contributed by atoms with Gasteiger partial charge in [-0.2, -0.15) is 4.39 Å². The molecule has 3 heterocycles. The molecule has 0 bridgehead atoms. The highest BCUT2D eigenvalue weighted by molar-refractivity contribution is 6.01. The zero-order valence-electron chi connectivity index (χ0n) is 20.9. The molecular formula is C29H29F2N3O3. The number of hydrogen-bond donors (Lipinski definition) is 1. The van der Waals surface area contributed by atoms with Crippen LogP contribution in [0.1, 0.15) is 59.4 Å². The fraction of sp³-hybridized carbons (Fsp3) is 0.345. The Hall–Kier alpha value is -3.65. The Bertz CT molecular complexity index is 1330. The van der Waals surface area contributed by atoms with Crippen LogP contribution in [0.3, 0.4) is 0 Å². The van der Waals surface area contributed by atoms with Gasteiger partial charge in [0.2, 0.25) is 5.95 Å². The van der Waals surface area contributed by atoms with E-state index in [1.165, 1.54) is 36.5 Å². The van der Waals surface area contributed by atoms with Crippen LogP contribution in [-0.4, -0.2) is 46.3 Å². The molecule has 0 atom stereocenters. The smallest absolute Gasteiger partial charge is 0.251 e. The number of likely N-dealkylation sites (tertiary alicyclic amines) is 1. The summed E-state index contributed by atoms with van der Waals surface area (Å²) in [5, 5.41) is 2.67. The number of hydrogen-bond acceptors (Lipinski definition) is 5. The summed E-state index contributed by atoms with van der Waals surface area (Å²) in [6.07, 6.45) is 3.25. The Morgan fingerprint density at radius 3 is 2.54 bits per heavy atom. The fourth-order valence-electron chi connectivity index (χ4n) is 5.07. The lowest BCUT2D eigenvalue weighted by molar-refractivity contribution is -0.0153. The number of ether oxygens (including phenoxy) is 1. The van der Waals surface area contributed by atoms with Gasteiger partial charge in [-0.1, -0.05) is 18.2 Å². The lowest BCUT2D eigenvalue weighted by Gasteiger charge is -2.45. The van der Waals surface area contributed by atoms with Crippen molar-refractivity contribution in [3.05, 3.63) is 83.2 Å². The van der Waals surface area contributed by atoms with E-state index in [0.29, 0.717) is 40.5 Å². The number of aromatic nitrogens is 1. The SMILES string of the molecule is CC(C)N1CCC2(CC1)CC(=O)c1cc(-c3ccc(C(=O)NCc4ccc(F)nc4)cc3F)ccc1O2. The van der Waals surface area contributed by atoms with Crippen LogP contribution in [0.5, 0.6) is 5.75 Å². The van der Waals surface area contributed by atoms with Crippen LogP contribution < -0.4 is 10.1 Å². The minimum atomic E-state index is -0.602. The van der Waals surface area contributed by atoms with Crippen molar-refractivity contribution >= 4 is 11.7 Å². The second kappa shape index (κ2) is 10.0. The highest BCUT2D eigenvalue weighted by Gasteiger charge is 2.43. The number of carbonyl (C=O) groups is 2. The van der Waals surface area contributed by atoms with Crippen molar-refractivity contribution in [3.8, 4) is 16.9 Å². The Morgan fingerprint density at radius 2 is 1.86 bits per heavy atom. The number of rotatable bonds is 5. The number of nitrogens with one attached hydrogen (secondary N) is 1. The predicted molar refractivity (Wildman–Crippen MR) is 135 cm³/mol. The Kier molecular flexibility index (Phi) is 6.77. The largest absolute Gasteiger partial charge is 0.486 e. The van der Waals surface area contributed by atoms with E-state index in [1.54, 1.807) is 18.2 Å².